The van der Waals surface area contributed by atoms with E-state index in [2.05, 4.69) is 4.90 Å². The second-order valence-electron chi connectivity index (χ2n) is 4.63. The van der Waals surface area contributed by atoms with Crippen molar-refractivity contribution in [1.82, 2.24) is 4.90 Å². The van der Waals surface area contributed by atoms with E-state index in [1.165, 1.54) is 19.3 Å². The van der Waals surface area contributed by atoms with Crippen LogP contribution in [-0.2, 0) is 11.3 Å². The molecule has 18 heavy (non-hydrogen) atoms. The van der Waals surface area contributed by atoms with E-state index in [1.807, 2.05) is 12.1 Å². The summed E-state index contributed by atoms with van der Waals surface area (Å²) in [5.74, 6) is -2.20. The van der Waals surface area contributed by atoms with Crippen molar-refractivity contribution in [2.24, 2.45) is 0 Å². The largest absolute Gasteiger partial charge is 0.475 e. The average Bonchev–Trinajstić information content (AvgIpc) is 2.39. The van der Waals surface area contributed by atoms with Gasteiger partial charge in [0.05, 0.1) is 0 Å². The van der Waals surface area contributed by atoms with E-state index in [-0.39, 0.29) is 0 Å². The molecular weight excluding hydrogens is 230 g/mol. The van der Waals surface area contributed by atoms with Crippen molar-refractivity contribution in [2.45, 2.75) is 25.8 Å². The number of rotatable bonds is 4. The molecule has 0 spiro atoms. The average molecular weight is 247 g/mol. The van der Waals surface area contributed by atoms with Crippen LogP contribution in [0.3, 0.4) is 0 Å². The highest BCUT2D eigenvalue weighted by Gasteiger charge is 2.19. The Morgan fingerprint density at radius 2 is 1.78 bits per heavy atom. The number of piperidine rings is 1. The highest BCUT2D eigenvalue weighted by Crippen LogP contribution is 2.16. The molecule has 0 radical (unpaired) electrons. The molecule has 0 atom stereocenters. The Labute approximate surface area is 106 Å². The van der Waals surface area contributed by atoms with E-state index >= 15 is 0 Å². The Kier molecular flexibility index (Phi) is 4.10. The summed E-state index contributed by atoms with van der Waals surface area (Å²) in [6.45, 7) is 2.71. The minimum absolute atomic E-state index is 0.315. The van der Waals surface area contributed by atoms with Gasteiger partial charge in [0.15, 0.2) is 0 Å². The van der Waals surface area contributed by atoms with Crippen LogP contribution in [0.15, 0.2) is 24.3 Å². The van der Waals surface area contributed by atoms with Crippen LogP contribution in [0.25, 0.3) is 0 Å². The fraction of sp³-hybridized carbons (Fsp3) is 0.429. The van der Waals surface area contributed by atoms with Crippen LogP contribution in [0.4, 0.5) is 0 Å². The first-order valence-corrected chi connectivity index (χ1v) is 6.26. The van der Waals surface area contributed by atoms with Gasteiger partial charge in [-0.05, 0) is 31.5 Å². The molecule has 1 N–H and O–H groups in total. The molecule has 0 aromatic heterocycles. The van der Waals surface area contributed by atoms with E-state index in [0.29, 0.717) is 12.1 Å². The Balaban J connectivity index is 2.16. The maximum Gasteiger partial charge on any atom is 0.377 e. The first-order valence-electron chi connectivity index (χ1n) is 6.26. The number of nitrogens with zero attached hydrogens (tertiary/aromatic N) is 1. The molecule has 0 saturated carbocycles. The van der Waals surface area contributed by atoms with Gasteiger partial charge in [-0.1, -0.05) is 30.7 Å². The third-order valence-electron chi connectivity index (χ3n) is 3.30. The SMILES string of the molecule is O=C(O)C(=O)c1ccccc1CN1CCCCC1. The molecule has 4 nitrogen and oxygen atoms in total. The van der Waals surface area contributed by atoms with Crippen molar-refractivity contribution in [3.8, 4) is 0 Å². The summed E-state index contributed by atoms with van der Waals surface area (Å²) in [5, 5.41) is 8.80. The molecule has 1 fully saturated rings. The molecular formula is C14H17NO3. The van der Waals surface area contributed by atoms with Crippen LogP contribution in [-0.4, -0.2) is 34.8 Å². The number of ketones is 1. The van der Waals surface area contributed by atoms with Gasteiger partial charge in [-0.25, -0.2) is 4.79 Å². The topological polar surface area (TPSA) is 57.6 Å². The quantitative estimate of drug-likeness (QED) is 0.652. The molecule has 0 aliphatic carbocycles. The summed E-state index contributed by atoms with van der Waals surface area (Å²) in [5.41, 5.74) is 1.13. The first-order chi connectivity index (χ1) is 8.68. The zero-order valence-electron chi connectivity index (χ0n) is 10.3. The van der Waals surface area contributed by atoms with E-state index in [0.717, 1.165) is 18.7 Å². The van der Waals surface area contributed by atoms with Gasteiger partial charge in [-0.2, -0.15) is 0 Å². The number of aliphatic carboxylic acids is 1. The number of carbonyl (C=O) groups excluding carboxylic acids is 1. The Hall–Kier alpha value is -1.68. The zero-order chi connectivity index (χ0) is 13.0. The Morgan fingerprint density at radius 3 is 2.44 bits per heavy atom. The van der Waals surface area contributed by atoms with Gasteiger partial charge in [0.1, 0.15) is 0 Å². The van der Waals surface area contributed by atoms with Crippen LogP contribution in [0.5, 0.6) is 0 Å². The van der Waals surface area contributed by atoms with Crippen molar-refractivity contribution in [1.29, 1.82) is 0 Å². The lowest BCUT2D eigenvalue weighted by Gasteiger charge is -2.27. The summed E-state index contributed by atoms with van der Waals surface area (Å²) in [6, 6.07) is 6.98. The molecule has 4 heteroatoms. The highest BCUT2D eigenvalue weighted by molar-refractivity contribution is 6.40. The van der Waals surface area contributed by atoms with E-state index in [9.17, 15) is 9.59 Å². The zero-order valence-corrected chi connectivity index (χ0v) is 10.3. The highest BCUT2D eigenvalue weighted by atomic mass is 16.4. The van der Waals surface area contributed by atoms with E-state index in [1.54, 1.807) is 12.1 Å². The van der Waals surface area contributed by atoms with Gasteiger partial charge in [-0.15, -0.1) is 0 Å². The van der Waals surface area contributed by atoms with Crippen molar-refractivity contribution >= 4 is 11.8 Å². The Morgan fingerprint density at radius 1 is 1.11 bits per heavy atom. The lowest BCUT2D eigenvalue weighted by atomic mass is 10.0. The minimum atomic E-state index is -1.39. The van der Waals surface area contributed by atoms with E-state index in [4.69, 9.17) is 5.11 Å². The predicted molar refractivity (Wildman–Crippen MR) is 67.5 cm³/mol. The molecule has 1 aliphatic rings. The molecule has 2 rings (SSSR count). The number of carbonyl (C=O) groups is 2. The predicted octanol–water partition coefficient (Wildman–Crippen LogP) is 1.94. The lowest BCUT2D eigenvalue weighted by molar-refractivity contribution is -0.131. The number of carboxylic acids is 1. The summed E-state index contributed by atoms with van der Waals surface area (Å²) in [4.78, 5) is 24.6. The molecule has 1 aromatic carbocycles. The van der Waals surface area contributed by atoms with Gasteiger partial charge < -0.3 is 5.11 Å². The molecule has 0 unspecified atom stereocenters. The smallest absolute Gasteiger partial charge is 0.377 e. The number of hydrogen-bond acceptors (Lipinski definition) is 3. The van der Waals surface area contributed by atoms with E-state index < -0.39 is 11.8 Å². The first kappa shape index (κ1) is 12.8. The fourth-order valence-corrected chi connectivity index (χ4v) is 2.35. The van der Waals surface area contributed by atoms with Gasteiger partial charge in [-0.3, -0.25) is 9.69 Å². The lowest BCUT2D eigenvalue weighted by Crippen LogP contribution is -2.30. The number of carboxylic acid groups (broad SMARTS) is 1. The molecule has 1 aliphatic heterocycles. The van der Waals surface area contributed by atoms with Crippen molar-refractivity contribution in [3.05, 3.63) is 35.4 Å². The standard InChI is InChI=1S/C14H17NO3/c16-13(14(17)18)12-7-3-2-6-11(12)10-15-8-4-1-5-9-15/h2-3,6-7H,1,4-5,8-10H2,(H,17,18). The molecule has 0 amide bonds. The molecule has 1 saturated heterocycles. The Bertz CT molecular complexity index is 450. The monoisotopic (exact) mass is 247 g/mol. The van der Waals surface area contributed by atoms with Crippen molar-refractivity contribution < 1.29 is 14.7 Å². The molecule has 1 heterocycles. The van der Waals surface area contributed by atoms with Crippen LogP contribution in [0.2, 0.25) is 0 Å². The summed E-state index contributed by atoms with van der Waals surface area (Å²) in [6.07, 6.45) is 3.61. The second-order valence-corrected chi connectivity index (χ2v) is 4.63. The maximum atomic E-state index is 11.6. The number of Topliss-reactive ketones (excluding diaryl/α,β-unsaturated/α-hetero) is 1. The fourth-order valence-electron chi connectivity index (χ4n) is 2.35. The van der Waals surface area contributed by atoms with Crippen molar-refractivity contribution in [3.63, 3.8) is 0 Å². The number of benzene rings is 1. The molecule has 96 valence electrons. The van der Waals surface area contributed by atoms with Crippen LogP contribution in [0, 0.1) is 0 Å². The minimum Gasteiger partial charge on any atom is -0.475 e. The second kappa shape index (κ2) is 5.78. The van der Waals surface area contributed by atoms with Crippen LogP contribution in [0.1, 0.15) is 35.2 Å². The number of hydrogen-bond donors (Lipinski definition) is 1. The van der Waals surface area contributed by atoms with Crippen molar-refractivity contribution in [2.75, 3.05) is 13.1 Å². The van der Waals surface area contributed by atoms with Gasteiger partial charge in [0.25, 0.3) is 5.78 Å². The normalized spacial score (nSPS) is 16.4. The third kappa shape index (κ3) is 2.96. The van der Waals surface area contributed by atoms with Crippen LogP contribution < -0.4 is 0 Å². The van der Waals surface area contributed by atoms with Crippen LogP contribution >= 0.6 is 0 Å². The summed E-state index contributed by atoms with van der Waals surface area (Å²) >= 11 is 0. The number of likely N-dealkylation sites (tertiary alicyclic amines) is 1. The molecule has 1 aromatic rings. The third-order valence-corrected chi connectivity index (χ3v) is 3.30. The molecule has 0 bridgehead atoms. The maximum absolute atomic E-state index is 11.6. The van der Waals surface area contributed by atoms with Gasteiger partial charge in [0, 0.05) is 12.1 Å². The summed E-state index contributed by atoms with van der Waals surface area (Å²) < 4.78 is 0. The van der Waals surface area contributed by atoms with Gasteiger partial charge in [0.2, 0.25) is 0 Å². The summed E-state index contributed by atoms with van der Waals surface area (Å²) in [7, 11) is 0. The van der Waals surface area contributed by atoms with Gasteiger partial charge >= 0.3 is 5.97 Å².